The van der Waals surface area contributed by atoms with E-state index >= 15 is 0 Å². The van der Waals surface area contributed by atoms with E-state index in [1.165, 1.54) is 12.1 Å². The Balaban J connectivity index is 2.58. The minimum absolute atomic E-state index is 0.233. The topological polar surface area (TPSA) is 64.3 Å². The van der Waals surface area contributed by atoms with Crippen LogP contribution in [-0.4, -0.2) is 12.5 Å². The van der Waals surface area contributed by atoms with Crippen LogP contribution >= 0.6 is 11.6 Å². The third-order valence-corrected chi connectivity index (χ3v) is 2.23. The van der Waals surface area contributed by atoms with Crippen LogP contribution < -0.4 is 11.2 Å². The molecular weight excluding hydrogens is 235 g/mol. The van der Waals surface area contributed by atoms with E-state index < -0.39 is 11.7 Å². The van der Waals surface area contributed by atoms with Crippen LogP contribution in [-0.2, 0) is 9.63 Å². The minimum Gasteiger partial charge on any atom is -0.368 e. The van der Waals surface area contributed by atoms with Gasteiger partial charge in [0.2, 0.25) is 5.91 Å². The number of halogens is 2. The maximum absolute atomic E-state index is 12.8. The Hall–Kier alpha value is -1.17. The SMILES string of the molecule is CC(NOCC(N)=O)c1ccc(F)cc1Cl. The van der Waals surface area contributed by atoms with Gasteiger partial charge in [0.1, 0.15) is 12.4 Å². The molecule has 0 aliphatic heterocycles. The Morgan fingerprint density at radius 2 is 2.38 bits per heavy atom. The molecule has 0 aliphatic carbocycles. The highest BCUT2D eigenvalue weighted by Crippen LogP contribution is 2.23. The van der Waals surface area contributed by atoms with Crippen molar-refractivity contribution >= 4 is 17.5 Å². The third kappa shape index (κ3) is 3.77. The number of hydrogen-bond donors (Lipinski definition) is 2. The number of rotatable bonds is 5. The summed E-state index contributed by atoms with van der Waals surface area (Å²) in [7, 11) is 0. The summed E-state index contributed by atoms with van der Waals surface area (Å²) in [6.07, 6.45) is 0. The van der Waals surface area contributed by atoms with E-state index in [-0.39, 0.29) is 12.6 Å². The number of carbonyl (C=O) groups is 1. The second-order valence-electron chi connectivity index (χ2n) is 3.26. The summed E-state index contributed by atoms with van der Waals surface area (Å²) < 4.78 is 12.8. The molecule has 16 heavy (non-hydrogen) atoms. The predicted molar refractivity (Wildman–Crippen MR) is 58.1 cm³/mol. The molecule has 0 saturated carbocycles. The molecule has 0 heterocycles. The van der Waals surface area contributed by atoms with Gasteiger partial charge in [0.05, 0.1) is 6.04 Å². The van der Waals surface area contributed by atoms with Gasteiger partial charge in [-0.05, 0) is 24.6 Å². The molecule has 6 heteroatoms. The van der Waals surface area contributed by atoms with Crippen molar-refractivity contribution in [3.8, 4) is 0 Å². The van der Waals surface area contributed by atoms with E-state index in [0.29, 0.717) is 10.6 Å². The van der Waals surface area contributed by atoms with Crippen molar-refractivity contribution in [3.05, 3.63) is 34.6 Å². The first-order valence-corrected chi connectivity index (χ1v) is 4.99. The number of primary amides is 1. The molecule has 0 saturated heterocycles. The van der Waals surface area contributed by atoms with E-state index in [1.807, 2.05) is 0 Å². The Bertz CT molecular complexity index is 387. The molecule has 0 aromatic heterocycles. The van der Waals surface area contributed by atoms with Crippen LogP contribution in [0.3, 0.4) is 0 Å². The second kappa shape index (κ2) is 5.79. The number of benzene rings is 1. The van der Waals surface area contributed by atoms with Gasteiger partial charge in [-0.2, -0.15) is 5.48 Å². The lowest BCUT2D eigenvalue weighted by molar-refractivity contribution is -0.126. The summed E-state index contributed by atoms with van der Waals surface area (Å²) in [5.74, 6) is -0.982. The van der Waals surface area contributed by atoms with Crippen LogP contribution in [0.5, 0.6) is 0 Å². The minimum atomic E-state index is -0.579. The Morgan fingerprint density at radius 1 is 1.69 bits per heavy atom. The van der Waals surface area contributed by atoms with Gasteiger partial charge in [-0.15, -0.1) is 0 Å². The monoisotopic (exact) mass is 246 g/mol. The fourth-order valence-corrected chi connectivity index (χ4v) is 1.48. The standard InChI is InChI=1S/C10H12ClFN2O2/c1-6(14-16-5-10(13)15)8-3-2-7(12)4-9(8)11/h2-4,6,14H,5H2,1H3,(H2,13,15). The van der Waals surface area contributed by atoms with Crippen molar-refractivity contribution in [2.24, 2.45) is 5.73 Å². The molecule has 1 amide bonds. The fourth-order valence-electron chi connectivity index (χ4n) is 1.15. The summed E-state index contributed by atoms with van der Waals surface area (Å²) in [5, 5.41) is 0.294. The number of nitrogens with two attached hydrogens (primary N) is 1. The molecule has 0 fully saturated rings. The zero-order valence-electron chi connectivity index (χ0n) is 8.67. The molecule has 1 unspecified atom stereocenters. The molecule has 1 aromatic rings. The zero-order valence-corrected chi connectivity index (χ0v) is 9.42. The Morgan fingerprint density at radius 3 is 2.94 bits per heavy atom. The first-order valence-electron chi connectivity index (χ1n) is 4.61. The Labute approximate surface area is 97.5 Å². The smallest absolute Gasteiger partial charge is 0.245 e. The molecule has 0 aliphatic rings. The highest BCUT2D eigenvalue weighted by molar-refractivity contribution is 6.31. The number of hydroxylamine groups is 1. The third-order valence-electron chi connectivity index (χ3n) is 1.90. The van der Waals surface area contributed by atoms with E-state index in [4.69, 9.17) is 22.2 Å². The molecule has 1 rings (SSSR count). The highest BCUT2D eigenvalue weighted by atomic mass is 35.5. The van der Waals surface area contributed by atoms with Gasteiger partial charge in [-0.3, -0.25) is 9.63 Å². The van der Waals surface area contributed by atoms with Crippen LogP contribution in [0.1, 0.15) is 18.5 Å². The fraction of sp³-hybridized carbons (Fsp3) is 0.300. The molecule has 0 spiro atoms. The number of nitrogens with one attached hydrogen (secondary N) is 1. The van der Waals surface area contributed by atoms with E-state index in [1.54, 1.807) is 13.0 Å². The molecule has 0 bridgehead atoms. The number of hydrogen-bond acceptors (Lipinski definition) is 3. The lowest BCUT2D eigenvalue weighted by Crippen LogP contribution is -2.26. The van der Waals surface area contributed by atoms with Crippen molar-refractivity contribution in [2.45, 2.75) is 13.0 Å². The second-order valence-corrected chi connectivity index (χ2v) is 3.67. The van der Waals surface area contributed by atoms with Crippen LogP contribution in [0, 0.1) is 5.82 Å². The lowest BCUT2D eigenvalue weighted by Gasteiger charge is -2.14. The van der Waals surface area contributed by atoms with Crippen molar-refractivity contribution in [1.82, 2.24) is 5.48 Å². The van der Waals surface area contributed by atoms with Gasteiger partial charge >= 0.3 is 0 Å². The molecule has 1 aromatic carbocycles. The van der Waals surface area contributed by atoms with Gasteiger partial charge in [-0.25, -0.2) is 4.39 Å². The van der Waals surface area contributed by atoms with Gasteiger partial charge in [0, 0.05) is 5.02 Å². The van der Waals surface area contributed by atoms with Gasteiger partial charge in [0.15, 0.2) is 0 Å². The molecule has 1 atom stereocenters. The van der Waals surface area contributed by atoms with Crippen LogP contribution in [0.15, 0.2) is 18.2 Å². The van der Waals surface area contributed by atoms with Crippen LogP contribution in [0.2, 0.25) is 5.02 Å². The number of amides is 1. The van der Waals surface area contributed by atoms with Gasteiger partial charge in [-0.1, -0.05) is 17.7 Å². The molecular formula is C10H12ClFN2O2. The van der Waals surface area contributed by atoms with Gasteiger partial charge < -0.3 is 5.73 Å². The summed E-state index contributed by atoms with van der Waals surface area (Å²) in [4.78, 5) is 15.2. The first kappa shape index (κ1) is 12.9. The summed E-state index contributed by atoms with van der Waals surface area (Å²) in [5.41, 5.74) is 8.14. The van der Waals surface area contributed by atoms with Crippen molar-refractivity contribution in [1.29, 1.82) is 0 Å². The highest BCUT2D eigenvalue weighted by Gasteiger charge is 2.10. The van der Waals surface area contributed by atoms with Crippen LogP contribution in [0.4, 0.5) is 4.39 Å². The molecule has 4 nitrogen and oxygen atoms in total. The van der Waals surface area contributed by atoms with E-state index in [9.17, 15) is 9.18 Å². The molecule has 3 N–H and O–H groups in total. The van der Waals surface area contributed by atoms with Gasteiger partial charge in [0.25, 0.3) is 0 Å². The summed E-state index contributed by atoms with van der Waals surface area (Å²) >= 11 is 5.84. The quantitative estimate of drug-likeness (QED) is 0.775. The average molecular weight is 247 g/mol. The lowest BCUT2D eigenvalue weighted by atomic mass is 10.1. The average Bonchev–Trinajstić information content (AvgIpc) is 2.16. The van der Waals surface area contributed by atoms with Crippen molar-refractivity contribution in [2.75, 3.05) is 6.61 Å². The molecule has 0 radical (unpaired) electrons. The van der Waals surface area contributed by atoms with Crippen molar-refractivity contribution < 1.29 is 14.0 Å². The predicted octanol–water partition coefficient (Wildman–Crippen LogP) is 1.55. The Kier molecular flexibility index (Phi) is 4.67. The molecule has 88 valence electrons. The van der Waals surface area contributed by atoms with Crippen LogP contribution in [0.25, 0.3) is 0 Å². The maximum atomic E-state index is 12.8. The van der Waals surface area contributed by atoms with E-state index in [2.05, 4.69) is 5.48 Å². The normalized spacial score (nSPS) is 12.4. The van der Waals surface area contributed by atoms with Crippen molar-refractivity contribution in [3.63, 3.8) is 0 Å². The number of carbonyl (C=O) groups excluding carboxylic acids is 1. The summed E-state index contributed by atoms with van der Waals surface area (Å²) in [6, 6.07) is 3.78. The largest absolute Gasteiger partial charge is 0.368 e. The van der Waals surface area contributed by atoms with E-state index in [0.717, 1.165) is 0 Å². The maximum Gasteiger partial charge on any atom is 0.245 e. The zero-order chi connectivity index (χ0) is 12.1. The first-order chi connectivity index (χ1) is 7.50. The summed E-state index contributed by atoms with van der Waals surface area (Å²) in [6.45, 7) is 1.53.